The Hall–Kier alpha value is 4.16. The number of hydrogen-bond donors (Lipinski definition) is 0. The summed E-state index contributed by atoms with van der Waals surface area (Å²) in [7, 11) is 0. The molecule has 0 atom stereocenters. The molecule has 0 spiro atoms. The molecule has 0 bridgehead atoms. The van der Waals surface area contributed by atoms with Crippen molar-refractivity contribution in [1.29, 1.82) is 0 Å². The van der Waals surface area contributed by atoms with E-state index in [4.69, 9.17) is 3.25 Å². The molecule has 0 aliphatic heterocycles. The molecule has 0 amide bonds. The van der Waals surface area contributed by atoms with Crippen LogP contribution in [0.25, 0.3) is 0 Å². The first-order valence-electron chi connectivity index (χ1n) is 0.183. The van der Waals surface area contributed by atoms with E-state index in [9.17, 15) is 0 Å². The van der Waals surface area contributed by atoms with Crippen molar-refractivity contribution in [2.45, 2.75) is 0 Å². The molecule has 0 aliphatic rings. The molecule has 0 heterocycles. The van der Waals surface area contributed by atoms with Crippen LogP contribution < -0.4 is 0 Å². The molecule has 0 saturated carbocycles. The minimum Gasteiger partial charge on any atom is 2.00 e. The predicted octanol–water partition coefficient (Wildman–Crippen LogP) is -1.62. The van der Waals surface area contributed by atoms with Crippen molar-refractivity contribution in [3.8, 4) is 0 Å². The van der Waals surface area contributed by atoms with Gasteiger partial charge in [0, 0.05) is 0 Å². The topological polar surface area (TPSA) is 17.1 Å². The third kappa shape index (κ3) is 17.9. The van der Waals surface area contributed by atoms with E-state index < -0.39 is 0 Å². The van der Waals surface area contributed by atoms with E-state index in [0.717, 1.165) is 0 Å². The molecule has 5 heavy (non-hydrogen) atoms. The second-order valence-corrected chi connectivity index (χ2v) is 0. The first kappa shape index (κ1) is 22.9. The summed E-state index contributed by atoms with van der Waals surface area (Å²) in [6, 6.07) is 0. The third-order valence-corrected chi connectivity index (χ3v) is 0. The number of hydrogen-bond acceptors (Lipinski definition) is 1. The molecule has 0 fully saturated rings. The summed E-state index contributed by atoms with van der Waals surface area (Å²) >= 11 is 0.194. The van der Waals surface area contributed by atoms with Crippen LogP contribution in [0.1, 0.15) is 5.71 Å². The second kappa shape index (κ2) is 24.2. The van der Waals surface area contributed by atoms with Gasteiger partial charge in [-0.05, 0) is 0 Å². The van der Waals surface area contributed by atoms with Crippen molar-refractivity contribution < 1.29 is 30.0 Å². The summed E-state index contributed by atoms with van der Waals surface area (Å²) < 4.78 is 8.36. The Morgan fingerprint density at radius 2 is 1.40 bits per heavy atom. The van der Waals surface area contributed by atoms with Crippen LogP contribution in [0, 0.1) is 0 Å². The molecule has 0 aliphatic carbocycles. The van der Waals surface area contributed by atoms with Crippen molar-refractivity contribution in [2.75, 3.05) is 0 Å². The SMILES string of the molecule is [BiH3].[Ca+2].[H-].[H-].[H-].[H-].[O]=[Ta].[Sr+2]. The van der Waals surface area contributed by atoms with Gasteiger partial charge in [-0.25, -0.2) is 0 Å². The average Bonchev–Trinajstić information content (AvgIpc) is 1.00. The maximum Gasteiger partial charge on any atom is 2.00 e. The van der Waals surface area contributed by atoms with Gasteiger partial charge in [-0.15, -0.1) is 0 Å². The van der Waals surface area contributed by atoms with Crippen molar-refractivity contribution in [3.63, 3.8) is 0 Å². The van der Waals surface area contributed by atoms with Crippen molar-refractivity contribution >= 4 is 109 Å². The first-order chi connectivity index (χ1) is 1.00. The van der Waals surface area contributed by atoms with Gasteiger partial charge >= 0.3 is 134 Å². The molecule has 0 aromatic heterocycles. The van der Waals surface area contributed by atoms with Crippen LogP contribution in [0.5, 0.6) is 0 Å². The van der Waals surface area contributed by atoms with E-state index in [-0.39, 0.29) is 136 Å². The molecule has 27 valence electrons. The number of rotatable bonds is 0. The summed E-state index contributed by atoms with van der Waals surface area (Å²) in [5, 5.41) is 0. The predicted molar refractivity (Wildman–Crippen MR) is 26.6 cm³/mol. The van der Waals surface area contributed by atoms with Gasteiger partial charge in [0.15, 0.2) is 0 Å². The zero-order valence-electron chi connectivity index (χ0n) is 6.98. The van der Waals surface area contributed by atoms with E-state index in [2.05, 4.69) is 0 Å². The van der Waals surface area contributed by atoms with Crippen LogP contribution in [0.4, 0.5) is 0 Å². The summed E-state index contributed by atoms with van der Waals surface area (Å²) in [6.45, 7) is 0. The third-order valence-electron chi connectivity index (χ3n) is 0. The Morgan fingerprint density at radius 1 is 1.40 bits per heavy atom. The smallest absolute Gasteiger partial charge is 2.00 e. The summed E-state index contributed by atoms with van der Waals surface area (Å²) in [4.78, 5) is 0. The Labute approximate surface area is 136 Å². The standard InChI is InChI=1S/Bi.Ca.O.Sr.Ta.7H/q;+2;;+2;;;;;4*-1. The minimum atomic E-state index is 0. The van der Waals surface area contributed by atoms with Gasteiger partial charge in [0.1, 0.15) is 0 Å². The Kier molecular flexibility index (Phi) is 111. The zero-order chi connectivity index (χ0) is 2.00. The fourth-order valence-electron chi connectivity index (χ4n) is 0. The second-order valence-electron chi connectivity index (χ2n) is 0. The van der Waals surface area contributed by atoms with E-state index in [0.29, 0.717) is 0 Å². The molecule has 1 nitrogen and oxygen atoms in total. The quantitative estimate of drug-likeness (QED) is 0.338. The van der Waals surface area contributed by atoms with Crippen LogP contribution in [-0.4, -0.2) is 109 Å². The molecule has 0 unspecified atom stereocenters. The Bertz CT molecular complexity index is 20.5. The van der Waals surface area contributed by atoms with E-state index in [1.807, 2.05) is 0 Å². The van der Waals surface area contributed by atoms with E-state index in [1.165, 1.54) is 0 Å². The molecule has 5 heteroatoms. The van der Waals surface area contributed by atoms with Gasteiger partial charge in [0.2, 0.25) is 0 Å². The maximum absolute atomic E-state index is 8.36. The molecular weight excluding hydrogens is 534 g/mol. The Balaban J connectivity index is -0.000000000238. The van der Waals surface area contributed by atoms with Crippen molar-refractivity contribution in [2.24, 2.45) is 0 Å². The van der Waals surface area contributed by atoms with Gasteiger partial charge in [-0.2, -0.15) is 0 Å². The van der Waals surface area contributed by atoms with E-state index in [1.54, 1.807) is 0 Å². The van der Waals surface area contributed by atoms with Crippen LogP contribution in [0.2, 0.25) is 0 Å². The molecule has 0 N–H and O–H groups in total. The van der Waals surface area contributed by atoms with Crippen LogP contribution >= 0.6 is 0 Å². The van der Waals surface area contributed by atoms with Crippen LogP contribution in [0.3, 0.4) is 0 Å². The first-order valence-corrected chi connectivity index (χ1v) is 1.49. The van der Waals surface area contributed by atoms with E-state index >= 15 is 0 Å². The molecule has 0 saturated heterocycles. The van der Waals surface area contributed by atoms with Crippen LogP contribution in [-0.2, 0) is 24.3 Å². The summed E-state index contributed by atoms with van der Waals surface area (Å²) in [5.41, 5.74) is 0. The largest absolute Gasteiger partial charge is 2.00 e. The van der Waals surface area contributed by atoms with Gasteiger partial charge in [-0.3, -0.25) is 0 Å². The molecule has 0 rings (SSSR count). The van der Waals surface area contributed by atoms with Crippen molar-refractivity contribution in [3.05, 3.63) is 0 Å². The summed E-state index contributed by atoms with van der Waals surface area (Å²) in [5.74, 6) is 0. The molecule has 0 aromatic rings. The fourth-order valence-corrected chi connectivity index (χ4v) is 0. The van der Waals surface area contributed by atoms with Crippen molar-refractivity contribution in [1.82, 2.24) is 0 Å². The molecule has 0 radical (unpaired) electrons. The van der Waals surface area contributed by atoms with Crippen LogP contribution in [0.15, 0.2) is 0 Å². The summed E-state index contributed by atoms with van der Waals surface area (Å²) in [6.07, 6.45) is 0. The van der Waals surface area contributed by atoms with Gasteiger partial charge < -0.3 is 5.71 Å². The molecular formula is H7BiCaOSrTa. The normalized spacial score (nSPS) is 0.600. The molecule has 0 aromatic carbocycles. The monoisotopic (exact) mass is 541 g/mol. The van der Waals surface area contributed by atoms with Gasteiger partial charge in [0.25, 0.3) is 0 Å². The fraction of sp³-hybridized carbons (Fsp3) is 0. The average molecular weight is 541 g/mol. The Morgan fingerprint density at radius 3 is 1.40 bits per heavy atom. The maximum atomic E-state index is 8.36. The minimum absolute atomic E-state index is 0. The van der Waals surface area contributed by atoms with Gasteiger partial charge in [0.05, 0.1) is 0 Å². The van der Waals surface area contributed by atoms with Gasteiger partial charge in [-0.1, -0.05) is 0 Å². The zero-order valence-corrected chi connectivity index (χ0v) is 17.4.